The molecule has 1 rings (SSSR count). The zero-order chi connectivity index (χ0) is 15.3. The Morgan fingerprint density at radius 1 is 1.50 bits per heavy atom. The zero-order valence-electron chi connectivity index (χ0n) is 12.1. The van der Waals surface area contributed by atoms with E-state index in [4.69, 9.17) is 17.3 Å². The van der Waals surface area contributed by atoms with Gasteiger partial charge in [-0.2, -0.15) is 0 Å². The minimum atomic E-state index is -0.347. The minimum absolute atomic E-state index is 0.333. The van der Waals surface area contributed by atoms with E-state index in [2.05, 4.69) is 16.9 Å². The van der Waals surface area contributed by atoms with Crippen LogP contribution in [0.4, 0.5) is 4.39 Å². The molecule has 0 atom stereocenters. The Bertz CT molecular complexity index is 524. The van der Waals surface area contributed by atoms with Crippen LogP contribution in [-0.4, -0.2) is 19.0 Å². The van der Waals surface area contributed by atoms with E-state index >= 15 is 0 Å². The molecule has 0 fully saturated rings. The lowest BCUT2D eigenvalue weighted by atomic mass is 9.84. The van der Waals surface area contributed by atoms with E-state index in [1.54, 1.807) is 6.07 Å². The Balaban J connectivity index is 2.78. The average Bonchev–Trinajstić information content (AvgIpc) is 2.33. The van der Waals surface area contributed by atoms with Gasteiger partial charge in [-0.15, -0.1) is 0 Å². The van der Waals surface area contributed by atoms with Gasteiger partial charge in [0.2, 0.25) is 0 Å². The summed E-state index contributed by atoms with van der Waals surface area (Å²) in [6, 6.07) is 4.39. The standard InChI is InChI=1S/C15H21ClFN3/c1-10(2)8-19-14(18)20-9-15(3,4)12-6-5-11(17)7-13(12)16/h5-7H,1,8-9H2,2-4H3,(H3,18,19,20). The molecule has 0 aromatic heterocycles. The Hall–Kier alpha value is -1.55. The molecule has 3 nitrogen and oxygen atoms in total. The van der Waals surface area contributed by atoms with E-state index in [0.29, 0.717) is 24.1 Å². The van der Waals surface area contributed by atoms with E-state index in [9.17, 15) is 4.39 Å². The van der Waals surface area contributed by atoms with Crippen molar-refractivity contribution < 1.29 is 4.39 Å². The second-order valence-electron chi connectivity index (χ2n) is 5.52. The fourth-order valence-corrected chi connectivity index (χ4v) is 2.13. The summed E-state index contributed by atoms with van der Waals surface area (Å²) in [7, 11) is 0. The molecule has 0 aliphatic heterocycles. The van der Waals surface area contributed by atoms with Gasteiger partial charge in [-0.05, 0) is 24.6 Å². The van der Waals surface area contributed by atoms with E-state index in [0.717, 1.165) is 11.1 Å². The maximum atomic E-state index is 13.1. The lowest BCUT2D eigenvalue weighted by Gasteiger charge is -2.24. The predicted octanol–water partition coefficient (Wildman–Crippen LogP) is 3.24. The SMILES string of the molecule is C=C(C)CNC(N)=NCC(C)(C)c1ccc(F)cc1Cl. The number of aliphatic imine (C=N–C) groups is 1. The van der Waals surface area contributed by atoms with Crippen molar-refractivity contribution in [1.82, 2.24) is 5.32 Å². The van der Waals surface area contributed by atoms with Crippen LogP contribution in [0.15, 0.2) is 35.3 Å². The Kier molecular flexibility index (Phi) is 5.57. The first-order chi connectivity index (χ1) is 9.22. The van der Waals surface area contributed by atoms with E-state index in [-0.39, 0.29) is 11.2 Å². The molecule has 0 heterocycles. The van der Waals surface area contributed by atoms with Gasteiger partial charge in [-0.1, -0.05) is 43.7 Å². The molecule has 5 heteroatoms. The monoisotopic (exact) mass is 297 g/mol. The highest BCUT2D eigenvalue weighted by Crippen LogP contribution is 2.30. The summed E-state index contributed by atoms with van der Waals surface area (Å²) in [6.45, 7) is 10.7. The molecule has 1 aromatic rings. The Morgan fingerprint density at radius 2 is 2.15 bits per heavy atom. The number of guanidine groups is 1. The maximum absolute atomic E-state index is 13.1. The van der Waals surface area contributed by atoms with E-state index in [1.807, 2.05) is 20.8 Å². The zero-order valence-corrected chi connectivity index (χ0v) is 12.9. The van der Waals surface area contributed by atoms with Crippen molar-refractivity contribution in [3.63, 3.8) is 0 Å². The molecule has 0 bridgehead atoms. The highest BCUT2D eigenvalue weighted by atomic mass is 35.5. The van der Waals surface area contributed by atoms with Crippen molar-refractivity contribution in [3.8, 4) is 0 Å². The number of benzene rings is 1. The fourth-order valence-electron chi connectivity index (χ4n) is 1.70. The highest BCUT2D eigenvalue weighted by molar-refractivity contribution is 6.31. The summed E-state index contributed by atoms with van der Waals surface area (Å²) in [5.74, 6) is 0.0139. The molecule has 20 heavy (non-hydrogen) atoms. The van der Waals surface area contributed by atoms with Gasteiger partial charge in [0.25, 0.3) is 0 Å². The van der Waals surface area contributed by atoms with Crippen molar-refractivity contribution in [2.45, 2.75) is 26.2 Å². The van der Waals surface area contributed by atoms with Crippen LogP contribution >= 0.6 is 11.6 Å². The van der Waals surface area contributed by atoms with Crippen LogP contribution in [0.25, 0.3) is 0 Å². The number of hydrogen-bond donors (Lipinski definition) is 2. The van der Waals surface area contributed by atoms with Gasteiger partial charge in [-0.25, -0.2) is 4.39 Å². The third kappa shape index (κ3) is 4.85. The second-order valence-corrected chi connectivity index (χ2v) is 5.93. The summed E-state index contributed by atoms with van der Waals surface area (Å²) in [4.78, 5) is 4.30. The molecule has 0 saturated heterocycles. The van der Waals surface area contributed by atoms with Crippen LogP contribution in [0.2, 0.25) is 5.02 Å². The van der Waals surface area contributed by atoms with Crippen molar-refractivity contribution >= 4 is 17.6 Å². The second kappa shape index (κ2) is 6.75. The van der Waals surface area contributed by atoms with Gasteiger partial charge >= 0.3 is 0 Å². The van der Waals surface area contributed by atoms with Crippen LogP contribution < -0.4 is 11.1 Å². The predicted molar refractivity (Wildman–Crippen MR) is 83.7 cm³/mol. The third-order valence-electron chi connectivity index (χ3n) is 2.88. The first kappa shape index (κ1) is 16.5. The topological polar surface area (TPSA) is 50.4 Å². The lowest BCUT2D eigenvalue weighted by Crippen LogP contribution is -2.34. The first-order valence-corrected chi connectivity index (χ1v) is 6.74. The lowest BCUT2D eigenvalue weighted by molar-refractivity contribution is 0.536. The molecule has 0 aliphatic rings. The van der Waals surface area contributed by atoms with Gasteiger partial charge < -0.3 is 11.1 Å². The number of nitrogens with zero attached hydrogens (tertiary/aromatic N) is 1. The van der Waals surface area contributed by atoms with Gasteiger partial charge in [0.05, 0.1) is 6.54 Å². The summed E-state index contributed by atoms with van der Waals surface area (Å²) in [5, 5.41) is 3.37. The Morgan fingerprint density at radius 3 is 2.70 bits per heavy atom. The molecular formula is C15H21ClFN3. The van der Waals surface area contributed by atoms with Gasteiger partial charge in [0.1, 0.15) is 5.82 Å². The van der Waals surface area contributed by atoms with Crippen LogP contribution in [0, 0.1) is 5.82 Å². The first-order valence-electron chi connectivity index (χ1n) is 6.36. The van der Waals surface area contributed by atoms with Gasteiger partial charge in [0.15, 0.2) is 5.96 Å². The normalized spacial score (nSPS) is 12.3. The van der Waals surface area contributed by atoms with Crippen molar-refractivity contribution in [3.05, 3.63) is 46.8 Å². The number of nitrogens with one attached hydrogen (secondary N) is 1. The Labute approximate surface area is 124 Å². The summed E-state index contributed by atoms with van der Waals surface area (Å²) in [6.07, 6.45) is 0. The van der Waals surface area contributed by atoms with Crippen molar-refractivity contribution in [1.29, 1.82) is 0 Å². The summed E-state index contributed by atoms with van der Waals surface area (Å²) in [5.41, 5.74) is 7.26. The smallest absolute Gasteiger partial charge is 0.188 e. The molecule has 0 aliphatic carbocycles. The molecule has 110 valence electrons. The number of halogens is 2. The molecular weight excluding hydrogens is 277 g/mol. The van der Waals surface area contributed by atoms with Crippen LogP contribution in [0.5, 0.6) is 0 Å². The average molecular weight is 298 g/mol. The number of hydrogen-bond acceptors (Lipinski definition) is 1. The maximum Gasteiger partial charge on any atom is 0.188 e. The minimum Gasteiger partial charge on any atom is -0.370 e. The third-order valence-corrected chi connectivity index (χ3v) is 3.19. The van der Waals surface area contributed by atoms with Crippen LogP contribution in [-0.2, 0) is 5.41 Å². The summed E-state index contributed by atoms with van der Waals surface area (Å²) >= 11 is 6.09. The van der Waals surface area contributed by atoms with Crippen molar-refractivity contribution in [2.75, 3.05) is 13.1 Å². The van der Waals surface area contributed by atoms with E-state index in [1.165, 1.54) is 12.1 Å². The van der Waals surface area contributed by atoms with Gasteiger partial charge in [-0.3, -0.25) is 4.99 Å². The van der Waals surface area contributed by atoms with Gasteiger partial charge in [0, 0.05) is 17.0 Å². The van der Waals surface area contributed by atoms with Crippen molar-refractivity contribution in [2.24, 2.45) is 10.7 Å². The number of nitrogens with two attached hydrogens (primary N) is 1. The molecule has 1 aromatic carbocycles. The highest BCUT2D eigenvalue weighted by Gasteiger charge is 2.23. The molecule has 0 amide bonds. The van der Waals surface area contributed by atoms with E-state index < -0.39 is 0 Å². The molecule has 3 N–H and O–H groups in total. The fraction of sp³-hybridized carbons (Fsp3) is 0.400. The molecule has 0 unspecified atom stereocenters. The quantitative estimate of drug-likeness (QED) is 0.498. The van der Waals surface area contributed by atoms with Crippen LogP contribution in [0.3, 0.4) is 0 Å². The number of rotatable bonds is 5. The van der Waals surface area contributed by atoms with Crippen LogP contribution in [0.1, 0.15) is 26.3 Å². The molecule has 0 spiro atoms. The summed E-state index contributed by atoms with van der Waals surface area (Å²) < 4.78 is 13.1. The largest absolute Gasteiger partial charge is 0.370 e. The molecule has 0 saturated carbocycles. The molecule has 0 radical (unpaired) electrons.